The average molecular weight is 478 g/mol. The number of rotatable bonds is 7. The zero-order chi connectivity index (χ0) is 17.4. The fraction of sp³-hybridized carbons (Fsp3) is 0.611. The fourth-order valence-electron chi connectivity index (χ4n) is 2.94. The summed E-state index contributed by atoms with van der Waals surface area (Å²) >= 11 is 2.06. The molecule has 0 aliphatic carbocycles. The summed E-state index contributed by atoms with van der Waals surface area (Å²) in [6.45, 7) is 1.75. The van der Waals surface area contributed by atoms with E-state index in [4.69, 9.17) is 4.74 Å². The van der Waals surface area contributed by atoms with Gasteiger partial charge < -0.3 is 20.3 Å². The monoisotopic (exact) mass is 478 g/mol. The highest BCUT2D eigenvalue weighted by Crippen LogP contribution is 2.27. The second-order valence-electron chi connectivity index (χ2n) is 6.19. The van der Waals surface area contributed by atoms with Gasteiger partial charge in [-0.25, -0.2) is 0 Å². The number of hydrogen-bond acceptors (Lipinski definition) is 4. The molecule has 1 aliphatic heterocycles. The summed E-state index contributed by atoms with van der Waals surface area (Å²) in [4.78, 5) is 6.55. The number of benzene rings is 1. The van der Waals surface area contributed by atoms with Crippen LogP contribution in [0.1, 0.15) is 24.4 Å². The van der Waals surface area contributed by atoms with Gasteiger partial charge in [-0.2, -0.15) is 11.8 Å². The van der Waals surface area contributed by atoms with Crippen LogP contribution in [0.4, 0.5) is 0 Å². The van der Waals surface area contributed by atoms with Gasteiger partial charge in [-0.15, -0.1) is 24.0 Å². The van der Waals surface area contributed by atoms with Gasteiger partial charge in [0.2, 0.25) is 0 Å². The van der Waals surface area contributed by atoms with Gasteiger partial charge in [0.1, 0.15) is 5.75 Å². The first kappa shape index (κ1) is 22.4. The topological polar surface area (TPSA) is 48.9 Å². The van der Waals surface area contributed by atoms with E-state index < -0.39 is 0 Å². The second kappa shape index (κ2) is 11.9. The fourth-order valence-corrected chi connectivity index (χ4v) is 4.14. The molecule has 7 heteroatoms. The van der Waals surface area contributed by atoms with E-state index in [-0.39, 0.29) is 30.0 Å². The number of methoxy groups -OCH3 is 1. The van der Waals surface area contributed by atoms with Crippen LogP contribution in [-0.4, -0.2) is 63.2 Å². The number of nitrogens with zero attached hydrogens (tertiary/aromatic N) is 2. The Labute approximate surface area is 173 Å². The molecule has 0 radical (unpaired) electrons. The van der Waals surface area contributed by atoms with Crippen molar-refractivity contribution in [2.45, 2.75) is 24.1 Å². The smallest absolute Gasteiger partial charge is 0.191 e. The maximum atomic E-state index is 5.52. The minimum atomic E-state index is 0. The van der Waals surface area contributed by atoms with Gasteiger partial charge in [0.25, 0.3) is 0 Å². The van der Waals surface area contributed by atoms with Crippen molar-refractivity contribution in [3.8, 4) is 5.75 Å². The van der Waals surface area contributed by atoms with Crippen molar-refractivity contribution in [2.24, 2.45) is 4.99 Å². The molecule has 5 nitrogen and oxygen atoms in total. The van der Waals surface area contributed by atoms with Crippen LogP contribution in [0.25, 0.3) is 0 Å². The van der Waals surface area contributed by atoms with Crippen LogP contribution in [-0.2, 0) is 0 Å². The quantitative estimate of drug-likeness (QED) is 0.359. The number of thioether (sulfide) groups is 1. The Bertz CT molecular complexity index is 536. The lowest BCUT2D eigenvalue weighted by atomic mass is 10.0. The molecule has 1 heterocycles. The van der Waals surface area contributed by atoms with E-state index >= 15 is 0 Å². The number of ether oxygens (including phenoxy) is 1. The third kappa shape index (κ3) is 6.86. The highest BCUT2D eigenvalue weighted by Gasteiger charge is 2.19. The summed E-state index contributed by atoms with van der Waals surface area (Å²) < 4.78 is 5.52. The molecule has 25 heavy (non-hydrogen) atoms. The lowest BCUT2D eigenvalue weighted by molar-refractivity contribution is 0.287. The Morgan fingerprint density at radius 2 is 2.12 bits per heavy atom. The number of halogens is 1. The molecule has 0 saturated carbocycles. The zero-order valence-corrected chi connectivity index (χ0v) is 18.8. The number of guanidine groups is 1. The van der Waals surface area contributed by atoms with Crippen LogP contribution >= 0.6 is 35.7 Å². The van der Waals surface area contributed by atoms with Crippen LogP contribution in [0.3, 0.4) is 0 Å². The van der Waals surface area contributed by atoms with Crippen molar-refractivity contribution in [3.05, 3.63) is 29.8 Å². The predicted molar refractivity (Wildman–Crippen MR) is 120 cm³/mol. The molecule has 0 amide bonds. The summed E-state index contributed by atoms with van der Waals surface area (Å²) in [7, 11) is 7.72. The number of nitrogens with one attached hydrogen (secondary N) is 2. The Morgan fingerprint density at radius 3 is 2.72 bits per heavy atom. The molecule has 2 atom stereocenters. The maximum Gasteiger partial charge on any atom is 0.191 e. The third-order valence-corrected chi connectivity index (χ3v) is 5.73. The van der Waals surface area contributed by atoms with E-state index in [9.17, 15) is 0 Å². The first-order chi connectivity index (χ1) is 11.7. The molecule has 1 saturated heterocycles. The molecule has 2 unspecified atom stereocenters. The highest BCUT2D eigenvalue weighted by molar-refractivity contribution is 14.0. The lowest BCUT2D eigenvalue weighted by Gasteiger charge is -2.27. The van der Waals surface area contributed by atoms with E-state index in [0.717, 1.165) is 24.8 Å². The standard InChI is InChI=1S/C18H30N4OS.HI/c1-19-18(20-12-14-8-7-11-24-14)21-13-16(22(2)3)15-9-5-6-10-17(15)23-4;/h5-6,9-10,14,16H,7-8,11-13H2,1-4H3,(H2,19,20,21);1H. The van der Waals surface area contributed by atoms with Crippen LogP contribution in [0.2, 0.25) is 0 Å². The Balaban J connectivity index is 0.00000312. The number of likely N-dealkylation sites (N-methyl/N-ethyl adjacent to an activating group) is 1. The summed E-state index contributed by atoms with van der Waals surface area (Å²) in [5.41, 5.74) is 1.18. The first-order valence-corrected chi connectivity index (χ1v) is 9.56. The van der Waals surface area contributed by atoms with Crippen molar-refractivity contribution < 1.29 is 4.74 Å². The molecule has 142 valence electrons. The van der Waals surface area contributed by atoms with Gasteiger partial charge in [-0.3, -0.25) is 4.99 Å². The van der Waals surface area contributed by atoms with Gasteiger partial charge in [0.05, 0.1) is 13.2 Å². The van der Waals surface area contributed by atoms with Gasteiger partial charge in [-0.05, 0) is 38.8 Å². The van der Waals surface area contributed by atoms with Crippen molar-refractivity contribution in [3.63, 3.8) is 0 Å². The van der Waals surface area contributed by atoms with E-state index in [1.165, 1.54) is 24.2 Å². The van der Waals surface area contributed by atoms with Crippen molar-refractivity contribution in [2.75, 3.05) is 47.1 Å². The van der Waals surface area contributed by atoms with Gasteiger partial charge in [0.15, 0.2) is 5.96 Å². The summed E-state index contributed by atoms with van der Waals surface area (Å²) in [5.74, 6) is 3.07. The van der Waals surface area contributed by atoms with E-state index in [1.807, 2.05) is 19.2 Å². The van der Waals surface area contributed by atoms with Crippen molar-refractivity contribution in [1.82, 2.24) is 15.5 Å². The van der Waals surface area contributed by atoms with Crippen LogP contribution in [0, 0.1) is 0 Å². The molecule has 1 aromatic rings. The molecular formula is C18H31IN4OS. The van der Waals surface area contributed by atoms with Gasteiger partial charge in [-0.1, -0.05) is 18.2 Å². The molecule has 0 bridgehead atoms. The van der Waals surface area contributed by atoms with Crippen LogP contribution in [0.5, 0.6) is 5.75 Å². The molecule has 2 N–H and O–H groups in total. The predicted octanol–water partition coefficient (Wildman–Crippen LogP) is 2.98. The molecule has 1 aromatic carbocycles. The number of para-hydroxylation sites is 1. The largest absolute Gasteiger partial charge is 0.496 e. The Kier molecular flexibility index (Phi) is 10.6. The summed E-state index contributed by atoms with van der Waals surface area (Å²) in [5, 5.41) is 7.62. The van der Waals surface area contributed by atoms with Crippen LogP contribution in [0.15, 0.2) is 29.3 Å². The molecular weight excluding hydrogens is 447 g/mol. The minimum Gasteiger partial charge on any atom is -0.496 e. The number of aliphatic imine (C=N–C) groups is 1. The SMILES string of the molecule is CN=C(NCC1CCCS1)NCC(c1ccccc1OC)N(C)C.I. The Morgan fingerprint density at radius 1 is 1.36 bits per heavy atom. The third-order valence-electron chi connectivity index (χ3n) is 4.33. The summed E-state index contributed by atoms with van der Waals surface area (Å²) in [6, 6.07) is 8.40. The maximum absolute atomic E-state index is 5.52. The van der Waals surface area contributed by atoms with Crippen LogP contribution < -0.4 is 15.4 Å². The first-order valence-electron chi connectivity index (χ1n) is 8.51. The number of hydrogen-bond donors (Lipinski definition) is 2. The molecule has 0 spiro atoms. The Hall–Kier alpha value is -0.670. The lowest BCUT2D eigenvalue weighted by Crippen LogP contribution is -2.43. The van der Waals surface area contributed by atoms with Crippen molar-refractivity contribution >= 4 is 41.7 Å². The molecule has 1 aliphatic rings. The van der Waals surface area contributed by atoms with E-state index in [1.54, 1.807) is 7.11 Å². The summed E-state index contributed by atoms with van der Waals surface area (Å²) in [6.07, 6.45) is 2.63. The van der Waals surface area contributed by atoms with E-state index in [0.29, 0.717) is 5.25 Å². The zero-order valence-electron chi connectivity index (χ0n) is 15.6. The molecule has 0 aromatic heterocycles. The van der Waals surface area contributed by atoms with Gasteiger partial charge >= 0.3 is 0 Å². The average Bonchev–Trinajstić information content (AvgIpc) is 3.11. The highest BCUT2D eigenvalue weighted by atomic mass is 127. The van der Waals surface area contributed by atoms with Gasteiger partial charge in [0, 0.05) is 31.0 Å². The molecule has 2 rings (SSSR count). The molecule has 1 fully saturated rings. The normalized spacial score (nSPS) is 18.6. The second-order valence-corrected chi connectivity index (χ2v) is 7.60. The minimum absolute atomic E-state index is 0. The van der Waals surface area contributed by atoms with Crippen molar-refractivity contribution in [1.29, 1.82) is 0 Å². The van der Waals surface area contributed by atoms with E-state index in [2.05, 4.69) is 58.5 Å².